The van der Waals surface area contributed by atoms with Gasteiger partial charge in [-0.05, 0) is 56.3 Å². The Bertz CT molecular complexity index is 1050. The van der Waals surface area contributed by atoms with Gasteiger partial charge < -0.3 is 0 Å². The molecule has 10 heteroatoms. The first-order chi connectivity index (χ1) is 14.8. The molecule has 2 aromatic rings. The van der Waals surface area contributed by atoms with Gasteiger partial charge >= 0.3 is 0 Å². The van der Waals surface area contributed by atoms with Crippen LogP contribution in [0, 0.1) is 5.92 Å². The van der Waals surface area contributed by atoms with Crippen molar-refractivity contribution in [2.45, 2.75) is 44.0 Å². The molecule has 0 aliphatic carbocycles. The van der Waals surface area contributed by atoms with E-state index in [9.17, 15) is 13.2 Å². The normalized spacial score (nSPS) is 20.8. The minimum atomic E-state index is -3.63. The highest BCUT2D eigenvalue weighted by atomic mass is 35.5. The van der Waals surface area contributed by atoms with Crippen molar-refractivity contribution in [2.75, 3.05) is 31.5 Å². The number of thiazole rings is 1. The van der Waals surface area contributed by atoms with Crippen molar-refractivity contribution in [3.05, 3.63) is 39.9 Å². The summed E-state index contributed by atoms with van der Waals surface area (Å²) in [5.74, 6) is 0.230. The highest BCUT2D eigenvalue weighted by molar-refractivity contribution is 7.89. The lowest BCUT2D eigenvalue weighted by molar-refractivity contribution is 0.102. The van der Waals surface area contributed by atoms with E-state index in [4.69, 9.17) is 11.6 Å². The molecule has 0 saturated carbocycles. The fourth-order valence-corrected chi connectivity index (χ4v) is 6.62. The summed E-state index contributed by atoms with van der Waals surface area (Å²) in [6, 6.07) is 4.27. The number of nitrogens with zero attached hydrogens (tertiary/aromatic N) is 3. The van der Waals surface area contributed by atoms with Crippen LogP contribution in [0.3, 0.4) is 0 Å². The van der Waals surface area contributed by atoms with Crippen LogP contribution in [0.2, 0.25) is 5.02 Å². The Morgan fingerprint density at radius 1 is 1.26 bits per heavy atom. The highest BCUT2D eigenvalue weighted by Gasteiger charge is 2.28. The molecule has 3 heterocycles. The zero-order chi connectivity index (χ0) is 22.0. The van der Waals surface area contributed by atoms with Crippen LogP contribution in [-0.4, -0.2) is 54.7 Å². The molecule has 168 valence electrons. The van der Waals surface area contributed by atoms with Gasteiger partial charge in [-0.15, -0.1) is 11.3 Å². The molecule has 1 unspecified atom stereocenters. The summed E-state index contributed by atoms with van der Waals surface area (Å²) in [5.41, 5.74) is 1.05. The topological polar surface area (TPSA) is 82.6 Å². The molecule has 2 fully saturated rings. The number of amides is 1. The molecule has 0 radical (unpaired) electrons. The van der Waals surface area contributed by atoms with E-state index in [1.165, 1.54) is 46.7 Å². The molecule has 1 aromatic heterocycles. The number of carbonyl (C=O) groups is 1. The summed E-state index contributed by atoms with van der Waals surface area (Å²) in [5, 5.41) is 5.41. The van der Waals surface area contributed by atoms with Gasteiger partial charge in [-0.3, -0.25) is 15.0 Å². The molecule has 1 atom stereocenters. The number of carbonyl (C=O) groups excluding carboxylic acids is 1. The van der Waals surface area contributed by atoms with Gasteiger partial charge in [-0.1, -0.05) is 18.5 Å². The number of likely N-dealkylation sites (tertiary alicyclic amines) is 1. The number of hydrogen-bond donors (Lipinski definition) is 1. The van der Waals surface area contributed by atoms with Crippen LogP contribution in [0.5, 0.6) is 0 Å². The molecule has 2 aliphatic heterocycles. The van der Waals surface area contributed by atoms with Crippen molar-refractivity contribution >= 4 is 44.0 Å². The molecule has 1 amide bonds. The van der Waals surface area contributed by atoms with E-state index in [1.54, 1.807) is 0 Å². The number of benzene rings is 1. The lowest BCUT2D eigenvalue weighted by Crippen LogP contribution is -2.33. The summed E-state index contributed by atoms with van der Waals surface area (Å²) in [6.07, 6.45) is 4.16. The van der Waals surface area contributed by atoms with Crippen LogP contribution >= 0.6 is 22.9 Å². The Hall–Kier alpha value is -1.52. The first kappa shape index (κ1) is 22.7. The number of aromatic nitrogens is 1. The van der Waals surface area contributed by atoms with Crippen molar-refractivity contribution in [1.29, 1.82) is 0 Å². The van der Waals surface area contributed by atoms with E-state index in [0.717, 1.165) is 38.2 Å². The molecule has 2 saturated heterocycles. The molecule has 0 spiro atoms. The monoisotopic (exact) mass is 482 g/mol. The Morgan fingerprint density at radius 2 is 2.03 bits per heavy atom. The van der Waals surface area contributed by atoms with Crippen molar-refractivity contribution in [3.63, 3.8) is 0 Å². The third-order valence-electron chi connectivity index (χ3n) is 5.78. The largest absolute Gasteiger partial charge is 0.298 e. The van der Waals surface area contributed by atoms with Crippen molar-refractivity contribution in [2.24, 2.45) is 5.92 Å². The smallest absolute Gasteiger partial charge is 0.259 e. The van der Waals surface area contributed by atoms with Crippen LogP contribution in [-0.2, 0) is 16.6 Å². The SMILES string of the molecule is CC1CCCN(Cc2csc(NC(=O)c3cc(S(=O)(=O)N4CCCC4)ccc3Cl)n2)C1. The number of piperidine rings is 1. The maximum Gasteiger partial charge on any atom is 0.259 e. The molecule has 2 aliphatic rings. The number of sulfonamides is 1. The fourth-order valence-electron chi connectivity index (χ4n) is 4.18. The van der Waals surface area contributed by atoms with E-state index < -0.39 is 15.9 Å². The molecular weight excluding hydrogens is 456 g/mol. The van der Waals surface area contributed by atoms with E-state index in [0.29, 0.717) is 24.1 Å². The van der Waals surface area contributed by atoms with Crippen LogP contribution in [0.1, 0.15) is 48.7 Å². The molecule has 0 bridgehead atoms. The summed E-state index contributed by atoms with van der Waals surface area (Å²) < 4.78 is 27.1. The predicted molar refractivity (Wildman–Crippen MR) is 123 cm³/mol. The van der Waals surface area contributed by atoms with E-state index in [1.807, 2.05) is 5.38 Å². The average molecular weight is 483 g/mol. The zero-order valence-corrected chi connectivity index (χ0v) is 19.9. The van der Waals surface area contributed by atoms with Gasteiger partial charge in [0, 0.05) is 31.6 Å². The maximum atomic E-state index is 12.8. The second kappa shape index (κ2) is 9.54. The molecular formula is C21H27ClN4O3S2. The van der Waals surface area contributed by atoms with Gasteiger partial charge in [-0.2, -0.15) is 4.31 Å². The van der Waals surface area contributed by atoms with E-state index in [2.05, 4.69) is 22.1 Å². The minimum Gasteiger partial charge on any atom is -0.298 e. The third-order valence-corrected chi connectivity index (χ3v) is 8.81. The Kier molecular flexibility index (Phi) is 6.98. The van der Waals surface area contributed by atoms with E-state index in [-0.39, 0.29) is 15.5 Å². The number of anilines is 1. The standard InChI is InChI=1S/C21H27ClN4O3S2/c1-15-5-4-8-25(12-15)13-16-14-30-21(23-16)24-20(27)18-11-17(6-7-19(18)22)31(28,29)26-9-2-3-10-26/h6-7,11,14-15H,2-5,8-10,12-13H2,1H3,(H,23,24,27). The average Bonchev–Trinajstić information content (AvgIpc) is 3.41. The van der Waals surface area contributed by atoms with Gasteiger partial charge in [0.1, 0.15) is 0 Å². The number of hydrogen-bond acceptors (Lipinski definition) is 6. The number of halogens is 1. The molecule has 1 N–H and O–H groups in total. The van der Waals surface area contributed by atoms with Gasteiger partial charge in [0.15, 0.2) is 5.13 Å². The van der Waals surface area contributed by atoms with Crippen molar-refractivity contribution < 1.29 is 13.2 Å². The molecule has 4 rings (SSSR count). The van der Waals surface area contributed by atoms with E-state index >= 15 is 0 Å². The van der Waals surface area contributed by atoms with Gasteiger partial charge in [0.05, 0.1) is 21.2 Å². The van der Waals surface area contributed by atoms with Crippen molar-refractivity contribution in [3.8, 4) is 0 Å². The maximum absolute atomic E-state index is 12.8. The lowest BCUT2D eigenvalue weighted by Gasteiger charge is -2.30. The summed E-state index contributed by atoms with van der Waals surface area (Å²) >= 11 is 7.58. The lowest BCUT2D eigenvalue weighted by atomic mass is 10.0. The third kappa shape index (κ3) is 5.28. The first-order valence-electron chi connectivity index (χ1n) is 10.6. The fraction of sp³-hybridized carbons (Fsp3) is 0.524. The molecule has 31 heavy (non-hydrogen) atoms. The Balaban J connectivity index is 1.46. The van der Waals surface area contributed by atoms with Crippen LogP contribution in [0.25, 0.3) is 0 Å². The Labute approximate surface area is 192 Å². The van der Waals surface area contributed by atoms with Crippen LogP contribution in [0.15, 0.2) is 28.5 Å². The van der Waals surface area contributed by atoms with Gasteiger partial charge in [0.2, 0.25) is 10.0 Å². The second-order valence-electron chi connectivity index (χ2n) is 8.33. The van der Waals surface area contributed by atoms with Crippen LogP contribution < -0.4 is 5.32 Å². The minimum absolute atomic E-state index is 0.0861. The summed E-state index contributed by atoms with van der Waals surface area (Å²) in [6.45, 7) is 6.17. The number of nitrogens with one attached hydrogen (secondary N) is 1. The van der Waals surface area contributed by atoms with Gasteiger partial charge in [0.25, 0.3) is 5.91 Å². The second-order valence-corrected chi connectivity index (χ2v) is 11.5. The summed E-state index contributed by atoms with van der Waals surface area (Å²) in [7, 11) is -3.63. The highest BCUT2D eigenvalue weighted by Crippen LogP contribution is 2.27. The zero-order valence-electron chi connectivity index (χ0n) is 17.5. The van der Waals surface area contributed by atoms with Crippen LogP contribution in [0.4, 0.5) is 5.13 Å². The number of rotatable bonds is 6. The van der Waals surface area contributed by atoms with Gasteiger partial charge in [-0.25, -0.2) is 13.4 Å². The van der Waals surface area contributed by atoms with Crippen molar-refractivity contribution in [1.82, 2.24) is 14.2 Å². The molecule has 7 nitrogen and oxygen atoms in total. The predicted octanol–water partition coefficient (Wildman–Crippen LogP) is 4.07. The first-order valence-corrected chi connectivity index (χ1v) is 13.3. The molecule has 1 aromatic carbocycles. The Morgan fingerprint density at radius 3 is 2.77 bits per heavy atom. The summed E-state index contributed by atoms with van der Waals surface area (Å²) in [4.78, 5) is 19.8. The quantitative estimate of drug-likeness (QED) is 0.671.